The Morgan fingerprint density at radius 3 is 2.75 bits per heavy atom. The van der Waals surface area contributed by atoms with Gasteiger partial charge in [-0.15, -0.1) is 0 Å². The molecule has 1 aromatic carbocycles. The molecule has 0 atom stereocenters. The molecule has 0 amide bonds. The van der Waals surface area contributed by atoms with E-state index in [0.717, 1.165) is 24.6 Å². The van der Waals surface area contributed by atoms with Crippen molar-refractivity contribution in [2.45, 2.75) is 32.8 Å². The number of aromatic nitrogens is 1. The molecule has 0 bridgehead atoms. The van der Waals surface area contributed by atoms with Crippen LogP contribution in [-0.4, -0.2) is 11.1 Å². The van der Waals surface area contributed by atoms with Gasteiger partial charge in [0.05, 0.1) is 5.69 Å². The van der Waals surface area contributed by atoms with E-state index in [2.05, 4.69) is 5.16 Å². The van der Waals surface area contributed by atoms with Crippen LogP contribution in [0.1, 0.15) is 39.4 Å². The van der Waals surface area contributed by atoms with Crippen molar-refractivity contribution in [3.05, 3.63) is 62.8 Å². The van der Waals surface area contributed by atoms with Crippen LogP contribution in [0.3, 0.4) is 0 Å². The molecule has 4 rings (SSSR count). The summed E-state index contributed by atoms with van der Waals surface area (Å²) in [5.41, 5.74) is 3.78. The Morgan fingerprint density at radius 2 is 2.00 bits per heavy atom. The first-order valence-corrected chi connectivity index (χ1v) is 7.79. The van der Waals surface area contributed by atoms with Crippen molar-refractivity contribution >= 4 is 16.9 Å². The minimum Gasteiger partial charge on any atom is -0.455 e. The molecular weight excluding hydrogens is 310 g/mol. The number of carbonyl (C=O) groups excluding carboxylic acids is 1. The Bertz CT molecular complexity index is 998. The summed E-state index contributed by atoms with van der Waals surface area (Å²) >= 11 is 0. The van der Waals surface area contributed by atoms with Crippen molar-refractivity contribution in [1.82, 2.24) is 5.16 Å². The van der Waals surface area contributed by atoms with Crippen LogP contribution >= 0.6 is 0 Å². The van der Waals surface area contributed by atoms with Crippen molar-refractivity contribution in [3.63, 3.8) is 0 Å². The molecule has 0 saturated carbocycles. The largest absolute Gasteiger partial charge is 0.455 e. The maximum atomic E-state index is 12.0. The number of hydrogen-bond donors (Lipinski definition) is 0. The van der Waals surface area contributed by atoms with E-state index in [4.69, 9.17) is 13.7 Å². The average Bonchev–Trinajstić information content (AvgIpc) is 3.18. The maximum absolute atomic E-state index is 12.0. The first-order chi connectivity index (χ1) is 11.6. The van der Waals surface area contributed by atoms with Gasteiger partial charge in [0.25, 0.3) is 0 Å². The summed E-state index contributed by atoms with van der Waals surface area (Å²) in [5, 5.41) is 4.46. The molecule has 3 aromatic rings. The number of hydrogen-bond acceptors (Lipinski definition) is 6. The minimum atomic E-state index is -0.613. The molecule has 0 saturated heterocycles. The van der Waals surface area contributed by atoms with Gasteiger partial charge in [0.1, 0.15) is 12.2 Å². The van der Waals surface area contributed by atoms with Gasteiger partial charge in [-0.05, 0) is 49.4 Å². The number of benzene rings is 1. The number of fused-ring (bicyclic) bond motifs is 2. The van der Waals surface area contributed by atoms with E-state index in [1.54, 1.807) is 6.92 Å². The lowest BCUT2D eigenvalue weighted by Crippen LogP contribution is -2.07. The molecule has 0 radical (unpaired) electrons. The molecule has 0 unspecified atom stereocenters. The molecule has 2 heterocycles. The van der Waals surface area contributed by atoms with Crippen LogP contribution in [0.25, 0.3) is 11.0 Å². The summed E-state index contributed by atoms with van der Waals surface area (Å²) in [6.07, 6.45) is 3.12. The Hall–Kier alpha value is -2.89. The second-order valence-corrected chi connectivity index (χ2v) is 5.97. The van der Waals surface area contributed by atoms with E-state index in [0.29, 0.717) is 16.8 Å². The average molecular weight is 325 g/mol. The molecule has 2 aromatic heterocycles. The van der Waals surface area contributed by atoms with Crippen LogP contribution in [0.5, 0.6) is 0 Å². The lowest BCUT2D eigenvalue weighted by molar-refractivity contribution is 0.0427. The van der Waals surface area contributed by atoms with Gasteiger partial charge < -0.3 is 13.7 Å². The lowest BCUT2D eigenvalue weighted by atomic mass is 10.0. The van der Waals surface area contributed by atoms with Crippen LogP contribution in [0.2, 0.25) is 0 Å². The third-order valence-corrected chi connectivity index (χ3v) is 4.23. The monoisotopic (exact) mass is 325 g/mol. The van der Waals surface area contributed by atoms with Crippen molar-refractivity contribution in [2.75, 3.05) is 0 Å². The van der Waals surface area contributed by atoms with E-state index >= 15 is 0 Å². The van der Waals surface area contributed by atoms with Gasteiger partial charge in [0, 0.05) is 23.1 Å². The van der Waals surface area contributed by atoms with Gasteiger partial charge in [0.15, 0.2) is 0 Å². The summed E-state index contributed by atoms with van der Waals surface area (Å²) in [6.45, 7) is 1.69. The molecule has 0 fully saturated rings. The molecule has 0 spiro atoms. The standard InChI is InChI=1S/C18H15NO5/c1-10-5-16(24-19-10)18(21)22-9-13-8-17(20)23-15-7-12-4-2-3-11(12)6-14(13)15/h5-8H,2-4,9H2,1H3. The van der Waals surface area contributed by atoms with Gasteiger partial charge in [-0.3, -0.25) is 0 Å². The highest BCUT2D eigenvalue weighted by Crippen LogP contribution is 2.28. The predicted molar refractivity (Wildman–Crippen MR) is 84.9 cm³/mol. The Balaban J connectivity index is 1.66. The summed E-state index contributed by atoms with van der Waals surface area (Å²) < 4.78 is 15.4. The van der Waals surface area contributed by atoms with E-state index in [9.17, 15) is 9.59 Å². The summed E-state index contributed by atoms with van der Waals surface area (Å²) in [6, 6.07) is 6.82. The van der Waals surface area contributed by atoms with Crippen molar-refractivity contribution < 1.29 is 18.5 Å². The number of nitrogens with zero attached hydrogens (tertiary/aromatic N) is 1. The fourth-order valence-electron chi connectivity index (χ4n) is 3.09. The van der Waals surface area contributed by atoms with Crippen LogP contribution < -0.4 is 5.63 Å². The number of rotatable bonds is 3. The van der Waals surface area contributed by atoms with Gasteiger partial charge in [-0.1, -0.05) is 5.16 Å². The Labute approximate surface area is 137 Å². The third-order valence-electron chi connectivity index (χ3n) is 4.23. The molecule has 6 nitrogen and oxygen atoms in total. The van der Waals surface area contributed by atoms with Crippen molar-refractivity contribution in [1.29, 1.82) is 0 Å². The second kappa shape index (κ2) is 5.63. The lowest BCUT2D eigenvalue weighted by Gasteiger charge is -2.08. The second-order valence-electron chi connectivity index (χ2n) is 5.97. The molecule has 24 heavy (non-hydrogen) atoms. The summed E-state index contributed by atoms with van der Waals surface area (Å²) in [4.78, 5) is 23.8. The fourth-order valence-corrected chi connectivity index (χ4v) is 3.09. The van der Waals surface area contributed by atoms with E-state index in [1.807, 2.05) is 12.1 Å². The molecule has 0 N–H and O–H groups in total. The normalized spacial score (nSPS) is 13.2. The molecule has 1 aliphatic rings. The Morgan fingerprint density at radius 1 is 1.21 bits per heavy atom. The van der Waals surface area contributed by atoms with Crippen LogP contribution in [0.4, 0.5) is 0 Å². The number of esters is 1. The van der Waals surface area contributed by atoms with Gasteiger partial charge in [-0.25, -0.2) is 9.59 Å². The zero-order chi connectivity index (χ0) is 16.7. The van der Waals surface area contributed by atoms with Gasteiger partial charge in [-0.2, -0.15) is 0 Å². The first kappa shape index (κ1) is 14.7. The van der Waals surface area contributed by atoms with Gasteiger partial charge >= 0.3 is 11.6 Å². The number of ether oxygens (including phenoxy) is 1. The van der Waals surface area contributed by atoms with E-state index in [1.165, 1.54) is 23.3 Å². The van der Waals surface area contributed by atoms with Crippen LogP contribution in [0.15, 0.2) is 38.0 Å². The quantitative estimate of drug-likeness (QED) is 0.544. The molecule has 6 heteroatoms. The SMILES string of the molecule is Cc1cc(C(=O)OCc2cc(=O)oc3cc4c(cc23)CCC4)on1. The Kier molecular flexibility index (Phi) is 3.45. The van der Waals surface area contributed by atoms with Crippen molar-refractivity contribution in [3.8, 4) is 0 Å². The van der Waals surface area contributed by atoms with Crippen LogP contribution in [0, 0.1) is 6.92 Å². The minimum absolute atomic E-state index is 0.0283. The van der Waals surface area contributed by atoms with Crippen LogP contribution in [-0.2, 0) is 24.2 Å². The number of carbonyl (C=O) groups is 1. The highest BCUT2D eigenvalue weighted by molar-refractivity contribution is 5.87. The molecule has 0 aliphatic heterocycles. The summed E-state index contributed by atoms with van der Waals surface area (Å²) in [7, 11) is 0. The van der Waals surface area contributed by atoms with Gasteiger partial charge in [0.2, 0.25) is 5.76 Å². The highest BCUT2D eigenvalue weighted by atomic mass is 16.6. The third kappa shape index (κ3) is 2.60. The zero-order valence-corrected chi connectivity index (χ0v) is 13.1. The fraction of sp³-hybridized carbons (Fsp3) is 0.278. The smallest absolute Gasteiger partial charge is 0.377 e. The topological polar surface area (TPSA) is 82.5 Å². The first-order valence-electron chi connectivity index (χ1n) is 7.79. The molecule has 1 aliphatic carbocycles. The van der Waals surface area contributed by atoms with E-state index in [-0.39, 0.29) is 12.4 Å². The maximum Gasteiger partial charge on any atom is 0.377 e. The highest BCUT2D eigenvalue weighted by Gasteiger charge is 2.17. The summed E-state index contributed by atoms with van der Waals surface area (Å²) in [5.74, 6) is -0.571. The van der Waals surface area contributed by atoms with Crippen molar-refractivity contribution in [2.24, 2.45) is 0 Å². The van der Waals surface area contributed by atoms with E-state index < -0.39 is 11.6 Å². The predicted octanol–water partition coefficient (Wildman–Crippen LogP) is 2.94. The number of aryl methyl sites for hydroxylation is 3. The molecular formula is C18H15NO5. The molecule has 122 valence electrons. The zero-order valence-electron chi connectivity index (χ0n) is 13.1.